The van der Waals surface area contributed by atoms with E-state index in [1.807, 2.05) is 19.2 Å². The minimum atomic E-state index is 0.160. The molecule has 1 aromatic heterocycles. The summed E-state index contributed by atoms with van der Waals surface area (Å²) in [5.74, 6) is 1.82. The van der Waals surface area contributed by atoms with Gasteiger partial charge in [0, 0.05) is 42.4 Å². The van der Waals surface area contributed by atoms with Gasteiger partial charge in [0.1, 0.15) is 5.75 Å². The Kier molecular flexibility index (Phi) is 5.81. The van der Waals surface area contributed by atoms with E-state index in [0.29, 0.717) is 0 Å². The molecule has 0 aliphatic heterocycles. The number of hydrogen-bond acceptors (Lipinski definition) is 4. The molecule has 2 aromatic rings. The van der Waals surface area contributed by atoms with Crippen molar-refractivity contribution in [3.63, 3.8) is 0 Å². The van der Waals surface area contributed by atoms with Gasteiger partial charge >= 0.3 is 0 Å². The summed E-state index contributed by atoms with van der Waals surface area (Å²) in [5, 5.41) is 8.07. The first-order chi connectivity index (χ1) is 12.6. The van der Waals surface area contributed by atoms with Gasteiger partial charge in [0.25, 0.3) is 0 Å². The van der Waals surface area contributed by atoms with E-state index in [9.17, 15) is 0 Å². The molecule has 0 unspecified atom stereocenters. The maximum absolute atomic E-state index is 5.55. The van der Waals surface area contributed by atoms with E-state index in [1.54, 1.807) is 18.4 Å². The second-order valence-electron chi connectivity index (χ2n) is 6.83. The summed E-state index contributed by atoms with van der Waals surface area (Å²) >= 11 is 1.78. The van der Waals surface area contributed by atoms with E-state index >= 15 is 0 Å². The lowest BCUT2D eigenvalue weighted by atomic mass is 9.95. The van der Waals surface area contributed by atoms with Crippen molar-refractivity contribution in [2.75, 3.05) is 27.2 Å². The number of nitrogens with one attached hydrogen (secondary N) is 2. The molecular weight excluding hydrogens is 344 g/mol. The summed E-state index contributed by atoms with van der Waals surface area (Å²) < 4.78 is 5.55. The minimum Gasteiger partial charge on any atom is -0.496 e. The molecule has 2 N–H and O–H groups in total. The monoisotopic (exact) mass is 372 g/mol. The number of aromatic nitrogens is 1. The third-order valence-electron chi connectivity index (χ3n) is 5.05. The number of para-hydroxylation sites is 1. The Balaban J connectivity index is 1.52. The Hall–Kier alpha value is -2.08. The first kappa shape index (κ1) is 18.7. The highest BCUT2D eigenvalue weighted by atomic mass is 32.1. The van der Waals surface area contributed by atoms with Gasteiger partial charge in [0.2, 0.25) is 0 Å². The Morgan fingerprint density at radius 2 is 2.04 bits per heavy atom. The first-order valence-electron chi connectivity index (χ1n) is 9.09. The molecular formula is C20H28N4OS. The van der Waals surface area contributed by atoms with Crippen LogP contribution in [0.15, 0.2) is 29.3 Å². The molecule has 0 spiro atoms. The maximum atomic E-state index is 5.55. The number of hydrogen-bond donors (Lipinski definition) is 2. The molecule has 1 heterocycles. The van der Waals surface area contributed by atoms with E-state index in [2.05, 4.69) is 46.6 Å². The third-order valence-corrected chi connectivity index (χ3v) is 6.19. The van der Waals surface area contributed by atoms with E-state index in [-0.39, 0.29) is 5.41 Å². The average Bonchev–Trinajstić information content (AvgIpc) is 3.38. The van der Waals surface area contributed by atoms with Crippen LogP contribution in [-0.4, -0.2) is 38.2 Å². The fourth-order valence-electron chi connectivity index (χ4n) is 3.18. The Morgan fingerprint density at radius 3 is 2.65 bits per heavy atom. The Morgan fingerprint density at radius 1 is 1.27 bits per heavy atom. The highest BCUT2D eigenvalue weighted by Gasteiger charge is 2.46. The molecule has 1 aliphatic rings. The minimum absolute atomic E-state index is 0.160. The molecule has 1 saturated carbocycles. The number of aliphatic imine (C=N–C) groups is 1. The number of nitrogens with zero attached hydrogens (tertiary/aromatic N) is 2. The van der Waals surface area contributed by atoms with Gasteiger partial charge in [-0.25, -0.2) is 4.98 Å². The Labute approximate surface area is 159 Å². The van der Waals surface area contributed by atoms with Crippen molar-refractivity contribution in [3.05, 3.63) is 45.4 Å². The summed E-state index contributed by atoms with van der Waals surface area (Å²) in [4.78, 5) is 10.2. The molecule has 1 aliphatic carbocycles. The smallest absolute Gasteiger partial charge is 0.191 e. The van der Waals surface area contributed by atoms with Crippen molar-refractivity contribution in [1.29, 1.82) is 0 Å². The predicted molar refractivity (Wildman–Crippen MR) is 109 cm³/mol. The van der Waals surface area contributed by atoms with Crippen molar-refractivity contribution in [2.24, 2.45) is 4.99 Å². The van der Waals surface area contributed by atoms with Crippen LogP contribution < -0.4 is 15.4 Å². The van der Waals surface area contributed by atoms with Crippen LogP contribution in [-0.2, 0) is 11.8 Å². The molecule has 0 atom stereocenters. The molecule has 1 aromatic carbocycles. The lowest BCUT2D eigenvalue weighted by Gasteiger charge is -2.21. The summed E-state index contributed by atoms with van der Waals surface area (Å²) in [5.41, 5.74) is 2.59. The van der Waals surface area contributed by atoms with Crippen molar-refractivity contribution in [1.82, 2.24) is 15.6 Å². The van der Waals surface area contributed by atoms with Gasteiger partial charge in [-0.2, -0.15) is 0 Å². The summed E-state index contributed by atoms with van der Waals surface area (Å²) in [6, 6.07) is 8.33. The van der Waals surface area contributed by atoms with Crippen molar-refractivity contribution in [2.45, 2.75) is 38.5 Å². The fourth-order valence-corrected chi connectivity index (χ4v) is 4.12. The molecule has 5 nitrogen and oxygen atoms in total. The van der Waals surface area contributed by atoms with Gasteiger partial charge in [-0.15, -0.1) is 11.3 Å². The van der Waals surface area contributed by atoms with Crippen molar-refractivity contribution in [3.8, 4) is 5.75 Å². The SMILES string of the molecule is CN=C(NCCc1nc(C)c(C)s1)NCC1(c2ccccc2OC)CC1. The zero-order valence-corrected chi connectivity index (χ0v) is 16.9. The number of guanidine groups is 1. The number of rotatable bonds is 7. The second kappa shape index (κ2) is 8.08. The van der Waals surface area contributed by atoms with Crippen LogP contribution in [0.1, 0.15) is 34.0 Å². The van der Waals surface area contributed by atoms with Gasteiger partial charge in [0.15, 0.2) is 5.96 Å². The third kappa shape index (κ3) is 4.18. The standard InChI is InChI=1S/C20H28N4OS/c1-14-15(2)26-18(24-14)9-12-22-19(21-3)23-13-20(10-11-20)16-7-5-6-8-17(16)25-4/h5-8H,9-13H2,1-4H3,(H2,21,22,23). The molecule has 0 radical (unpaired) electrons. The number of thiazole rings is 1. The van der Waals surface area contributed by atoms with E-state index in [1.165, 1.54) is 28.3 Å². The highest BCUT2D eigenvalue weighted by molar-refractivity contribution is 7.11. The van der Waals surface area contributed by atoms with Crippen LogP contribution >= 0.6 is 11.3 Å². The fraction of sp³-hybridized carbons (Fsp3) is 0.500. The van der Waals surface area contributed by atoms with Gasteiger partial charge in [0.05, 0.1) is 17.8 Å². The second-order valence-corrected chi connectivity index (χ2v) is 8.12. The predicted octanol–water partition coefficient (Wildman–Crippen LogP) is 3.21. The molecule has 6 heteroatoms. The lowest BCUT2D eigenvalue weighted by molar-refractivity contribution is 0.403. The van der Waals surface area contributed by atoms with Crippen LogP contribution in [0, 0.1) is 13.8 Å². The van der Waals surface area contributed by atoms with Crippen molar-refractivity contribution < 1.29 is 4.74 Å². The average molecular weight is 373 g/mol. The summed E-state index contributed by atoms with van der Waals surface area (Å²) in [7, 11) is 3.56. The largest absolute Gasteiger partial charge is 0.496 e. The topological polar surface area (TPSA) is 58.5 Å². The van der Waals surface area contributed by atoms with Crippen LogP contribution in [0.25, 0.3) is 0 Å². The molecule has 1 fully saturated rings. The van der Waals surface area contributed by atoms with E-state index in [4.69, 9.17) is 4.74 Å². The quantitative estimate of drug-likeness (QED) is 0.579. The zero-order chi connectivity index (χ0) is 18.6. The van der Waals surface area contributed by atoms with Crippen LogP contribution in [0.3, 0.4) is 0 Å². The van der Waals surface area contributed by atoms with Gasteiger partial charge in [-0.05, 0) is 32.8 Å². The Bertz CT molecular complexity index is 760. The van der Waals surface area contributed by atoms with Gasteiger partial charge in [-0.1, -0.05) is 18.2 Å². The summed E-state index contributed by atoms with van der Waals surface area (Å²) in [6.07, 6.45) is 3.27. The van der Waals surface area contributed by atoms with Gasteiger partial charge < -0.3 is 15.4 Å². The molecule has 0 saturated heterocycles. The van der Waals surface area contributed by atoms with Crippen molar-refractivity contribution >= 4 is 17.3 Å². The maximum Gasteiger partial charge on any atom is 0.191 e. The molecule has 140 valence electrons. The number of aryl methyl sites for hydroxylation is 2. The molecule has 0 bridgehead atoms. The lowest BCUT2D eigenvalue weighted by Crippen LogP contribution is -2.42. The van der Waals surface area contributed by atoms with E-state index in [0.717, 1.165) is 36.9 Å². The molecule has 0 amide bonds. The number of ether oxygens (including phenoxy) is 1. The first-order valence-corrected chi connectivity index (χ1v) is 9.90. The molecule has 26 heavy (non-hydrogen) atoms. The van der Waals surface area contributed by atoms with Crippen LogP contribution in [0.4, 0.5) is 0 Å². The normalized spacial score (nSPS) is 15.6. The van der Waals surface area contributed by atoms with E-state index < -0.39 is 0 Å². The zero-order valence-electron chi connectivity index (χ0n) is 16.1. The van der Waals surface area contributed by atoms with Crippen LogP contribution in [0.5, 0.6) is 5.75 Å². The number of methoxy groups -OCH3 is 1. The van der Waals surface area contributed by atoms with Crippen LogP contribution in [0.2, 0.25) is 0 Å². The molecule has 3 rings (SSSR count). The number of benzene rings is 1. The van der Waals surface area contributed by atoms with Gasteiger partial charge in [-0.3, -0.25) is 4.99 Å². The highest BCUT2D eigenvalue weighted by Crippen LogP contribution is 2.50. The summed E-state index contributed by atoms with van der Waals surface area (Å²) in [6.45, 7) is 5.88.